The van der Waals surface area contributed by atoms with Gasteiger partial charge in [0.05, 0.1) is 7.11 Å². The van der Waals surface area contributed by atoms with Gasteiger partial charge in [0.15, 0.2) is 5.71 Å². The van der Waals surface area contributed by atoms with E-state index in [0.717, 1.165) is 15.7 Å². The fourth-order valence-electron chi connectivity index (χ4n) is 1.77. The van der Waals surface area contributed by atoms with Crippen LogP contribution in [0.1, 0.15) is 11.1 Å². The zero-order valence-corrected chi connectivity index (χ0v) is 13.2. The van der Waals surface area contributed by atoms with Gasteiger partial charge in [-0.25, -0.2) is 9.78 Å². The maximum atomic E-state index is 11.6. The number of pyridine rings is 1. The van der Waals surface area contributed by atoms with Crippen LogP contribution in [0.25, 0.3) is 0 Å². The first-order valence-electron chi connectivity index (χ1n) is 6.17. The summed E-state index contributed by atoms with van der Waals surface area (Å²) in [6.07, 6.45) is 1.67. The molecule has 5 nitrogen and oxygen atoms in total. The Balaban J connectivity index is 2.39. The van der Waals surface area contributed by atoms with Gasteiger partial charge in [0, 0.05) is 21.9 Å². The summed E-state index contributed by atoms with van der Waals surface area (Å²) in [7, 11) is 1.25. The second-order valence-corrected chi connectivity index (χ2v) is 5.33. The predicted octanol–water partition coefficient (Wildman–Crippen LogP) is 3.44. The molecule has 0 atom stereocenters. The van der Waals surface area contributed by atoms with Crippen molar-refractivity contribution in [2.24, 2.45) is 0 Å². The Labute approximate surface area is 131 Å². The number of halogens is 1. The highest BCUT2D eigenvalue weighted by molar-refractivity contribution is 9.10. The highest BCUT2D eigenvalue weighted by Crippen LogP contribution is 2.23. The summed E-state index contributed by atoms with van der Waals surface area (Å²) < 4.78 is 5.52. The SMILES string of the molecule is COC(=O)C(=N)c1cc(C)cnc1Nc1cccc(Br)c1. The normalized spacial score (nSPS) is 10.0. The lowest BCUT2D eigenvalue weighted by atomic mass is 10.1. The van der Waals surface area contributed by atoms with E-state index in [0.29, 0.717) is 11.4 Å². The molecule has 0 aliphatic rings. The first kappa shape index (κ1) is 15.2. The minimum Gasteiger partial charge on any atom is -0.464 e. The average Bonchev–Trinajstić information content (AvgIpc) is 2.47. The van der Waals surface area contributed by atoms with Gasteiger partial charge in [0.1, 0.15) is 5.82 Å². The average molecular weight is 348 g/mol. The maximum absolute atomic E-state index is 11.6. The van der Waals surface area contributed by atoms with Crippen LogP contribution in [-0.2, 0) is 9.53 Å². The molecule has 2 rings (SSSR count). The van der Waals surface area contributed by atoms with E-state index in [1.807, 2.05) is 31.2 Å². The maximum Gasteiger partial charge on any atom is 0.356 e. The number of carbonyl (C=O) groups excluding carboxylic acids is 1. The lowest BCUT2D eigenvalue weighted by molar-refractivity contribution is -0.132. The summed E-state index contributed by atoms with van der Waals surface area (Å²) in [4.78, 5) is 15.8. The molecule has 0 aliphatic heterocycles. The van der Waals surface area contributed by atoms with Crippen molar-refractivity contribution < 1.29 is 9.53 Å². The third kappa shape index (κ3) is 3.66. The number of hydrogen-bond donors (Lipinski definition) is 2. The molecule has 2 N–H and O–H groups in total. The van der Waals surface area contributed by atoms with Crippen molar-refractivity contribution in [1.82, 2.24) is 4.98 Å². The van der Waals surface area contributed by atoms with Gasteiger partial charge in [-0.05, 0) is 36.8 Å². The number of nitrogens with one attached hydrogen (secondary N) is 2. The summed E-state index contributed by atoms with van der Waals surface area (Å²) in [5.41, 5.74) is 1.84. The summed E-state index contributed by atoms with van der Waals surface area (Å²) in [5, 5.41) is 11.0. The van der Waals surface area contributed by atoms with Gasteiger partial charge < -0.3 is 10.1 Å². The zero-order chi connectivity index (χ0) is 15.4. The number of rotatable bonds is 4. The molecule has 108 valence electrons. The number of hydrogen-bond acceptors (Lipinski definition) is 5. The molecule has 2 aromatic rings. The van der Waals surface area contributed by atoms with E-state index in [9.17, 15) is 4.79 Å². The molecule has 1 aromatic carbocycles. The molecule has 0 unspecified atom stereocenters. The molecule has 6 heteroatoms. The quantitative estimate of drug-likeness (QED) is 0.656. The molecule has 0 saturated carbocycles. The van der Waals surface area contributed by atoms with Gasteiger partial charge in [0.2, 0.25) is 0 Å². The molecule has 0 radical (unpaired) electrons. The number of aromatic nitrogens is 1. The van der Waals surface area contributed by atoms with Gasteiger partial charge in [-0.3, -0.25) is 5.41 Å². The third-order valence-electron chi connectivity index (χ3n) is 2.77. The van der Waals surface area contributed by atoms with E-state index in [2.05, 4.69) is 31.0 Å². The van der Waals surface area contributed by atoms with Crippen LogP contribution in [0.4, 0.5) is 11.5 Å². The molecule has 0 aliphatic carbocycles. The molecule has 1 heterocycles. The van der Waals surface area contributed by atoms with Crippen molar-refractivity contribution in [2.75, 3.05) is 12.4 Å². The molecular weight excluding hydrogens is 334 g/mol. The van der Waals surface area contributed by atoms with E-state index in [4.69, 9.17) is 5.41 Å². The molecule has 0 spiro atoms. The monoisotopic (exact) mass is 347 g/mol. The van der Waals surface area contributed by atoms with E-state index in [1.165, 1.54) is 7.11 Å². The van der Waals surface area contributed by atoms with E-state index < -0.39 is 5.97 Å². The number of benzene rings is 1. The highest BCUT2D eigenvalue weighted by atomic mass is 79.9. The second kappa shape index (κ2) is 6.49. The smallest absolute Gasteiger partial charge is 0.356 e. The Morgan fingerprint density at radius 2 is 2.14 bits per heavy atom. The molecule has 0 bridgehead atoms. The summed E-state index contributed by atoms with van der Waals surface area (Å²) in [5.74, 6) is -0.256. The number of aryl methyl sites for hydroxylation is 1. The van der Waals surface area contributed by atoms with Crippen LogP contribution >= 0.6 is 15.9 Å². The fourth-order valence-corrected chi connectivity index (χ4v) is 2.17. The minimum atomic E-state index is -0.695. The van der Waals surface area contributed by atoms with Crippen molar-refractivity contribution >= 4 is 39.1 Å². The summed E-state index contributed by atoms with van der Waals surface area (Å²) in [6.45, 7) is 1.85. The van der Waals surface area contributed by atoms with E-state index >= 15 is 0 Å². The van der Waals surface area contributed by atoms with Crippen LogP contribution in [0.2, 0.25) is 0 Å². The summed E-state index contributed by atoms with van der Waals surface area (Å²) >= 11 is 3.39. The van der Waals surface area contributed by atoms with Gasteiger partial charge in [-0.15, -0.1) is 0 Å². The van der Waals surface area contributed by atoms with Crippen LogP contribution in [0.15, 0.2) is 41.0 Å². The first-order chi connectivity index (χ1) is 10.0. The molecular formula is C15H14BrN3O2. The molecule has 21 heavy (non-hydrogen) atoms. The third-order valence-corrected chi connectivity index (χ3v) is 3.26. The Morgan fingerprint density at radius 3 is 2.81 bits per heavy atom. The van der Waals surface area contributed by atoms with Crippen molar-refractivity contribution in [3.05, 3.63) is 52.1 Å². The van der Waals surface area contributed by atoms with Crippen molar-refractivity contribution in [1.29, 1.82) is 5.41 Å². The number of esters is 1. The lowest BCUT2D eigenvalue weighted by Gasteiger charge is -2.12. The highest BCUT2D eigenvalue weighted by Gasteiger charge is 2.17. The number of methoxy groups -OCH3 is 1. The van der Waals surface area contributed by atoms with Crippen molar-refractivity contribution in [3.8, 4) is 0 Å². The van der Waals surface area contributed by atoms with Crippen LogP contribution in [0.3, 0.4) is 0 Å². The number of carbonyl (C=O) groups is 1. The minimum absolute atomic E-state index is 0.230. The van der Waals surface area contributed by atoms with Gasteiger partial charge in [-0.2, -0.15) is 0 Å². The van der Waals surface area contributed by atoms with Crippen LogP contribution in [0.5, 0.6) is 0 Å². The van der Waals surface area contributed by atoms with Crippen LogP contribution < -0.4 is 5.32 Å². The Morgan fingerprint density at radius 1 is 1.38 bits per heavy atom. The van der Waals surface area contributed by atoms with E-state index in [1.54, 1.807) is 12.3 Å². The predicted molar refractivity (Wildman–Crippen MR) is 85.2 cm³/mol. The largest absolute Gasteiger partial charge is 0.464 e. The molecule has 1 aromatic heterocycles. The standard InChI is InChI=1S/C15H14BrN3O2/c1-9-6-12(13(17)15(20)21-2)14(18-8-9)19-11-5-3-4-10(16)7-11/h3-8,17H,1-2H3,(H,18,19). The number of anilines is 2. The second-order valence-electron chi connectivity index (χ2n) is 4.41. The van der Waals surface area contributed by atoms with Gasteiger partial charge >= 0.3 is 5.97 Å². The summed E-state index contributed by atoms with van der Waals surface area (Å²) in [6, 6.07) is 9.27. The first-order valence-corrected chi connectivity index (χ1v) is 6.97. The topological polar surface area (TPSA) is 75.1 Å². The van der Waals surface area contributed by atoms with Gasteiger partial charge in [-0.1, -0.05) is 22.0 Å². The number of ether oxygens (including phenoxy) is 1. The number of nitrogens with zero attached hydrogens (tertiary/aromatic N) is 1. The van der Waals surface area contributed by atoms with Crippen molar-refractivity contribution in [3.63, 3.8) is 0 Å². The molecule has 0 fully saturated rings. The Kier molecular flexibility index (Phi) is 4.70. The van der Waals surface area contributed by atoms with Crippen LogP contribution in [0, 0.1) is 12.3 Å². The zero-order valence-electron chi connectivity index (χ0n) is 11.6. The fraction of sp³-hybridized carbons (Fsp3) is 0.133. The van der Waals surface area contributed by atoms with Crippen LogP contribution in [-0.4, -0.2) is 23.8 Å². The Bertz CT molecular complexity index is 701. The Hall–Kier alpha value is -2.21. The van der Waals surface area contributed by atoms with E-state index in [-0.39, 0.29) is 5.71 Å². The van der Waals surface area contributed by atoms with Gasteiger partial charge in [0.25, 0.3) is 0 Å². The lowest BCUT2D eigenvalue weighted by Crippen LogP contribution is -2.18. The van der Waals surface area contributed by atoms with Crippen molar-refractivity contribution in [2.45, 2.75) is 6.92 Å². The molecule has 0 saturated heterocycles. The molecule has 0 amide bonds.